The number of sulfone groups is 1. The Kier molecular flexibility index (Phi) is 8.81. The van der Waals surface area contributed by atoms with Crippen LogP contribution in [0, 0.1) is 0 Å². The van der Waals surface area contributed by atoms with E-state index in [0.717, 1.165) is 0 Å². The molecular formula is C20H24Cl2N2O6S. The van der Waals surface area contributed by atoms with E-state index in [4.69, 9.17) is 37.4 Å². The van der Waals surface area contributed by atoms with Crippen molar-refractivity contribution in [3.63, 3.8) is 0 Å². The Bertz CT molecular complexity index is 1030. The molecule has 0 aliphatic heterocycles. The molecule has 0 heterocycles. The summed E-state index contributed by atoms with van der Waals surface area (Å²) in [5.74, 6) is 0.361. The summed E-state index contributed by atoms with van der Waals surface area (Å²) < 4.78 is 42.4. The Morgan fingerprint density at radius 3 is 2.26 bits per heavy atom. The number of methoxy groups -OCH3 is 2. The molecule has 2 rings (SSSR count). The number of carbonyl (C=O) groups excluding carboxylic acids is 1. The summed E-state index contributed by atoms with van der Waals surface area (Å²) in [7, 11) is 2.07. The van der Waals surface area contributed by atoms with Gasteiger partial charge in [0, 0.05) is 27.3 Å². The highest BCUT2D eigenvalue weighted by Crippen LogP contribution is 2.44. The van der Waals surface area contributed by atoms with Crippen LogP contribution >= 0.6 is 23.2 Å². The summed E-state index contributed by atoms with van der Waals surface area (Å²) in [6.45, 7) is 0.297. The third-order valence-corrected chi connectivity index (χ3v) is 7.07. The van der Waals surface area contributed by atoms with Crippen molar-refractivity contribution >= 4 is 44.6 Å². The van der Waals surface area contributed by atoms with Crippen LogP contribution in [0.4, 0.5) is 5.69 Å². The van der Waals surface area contributed by atoms with Crippen LogP contribution in [0.3, 0.4) is 0 Å². The maximum absolute atomic E-state index is 13.4. The average molecular weight is 491 g/mol. The summed E-state index contributed by atoms with van der Waals surface area (Å²) >= 11 is 12.9. The monoisotopic (exact) mass is 490 g/mol. The van der Waals surface area contributed by atoms with Crippen molar-refractivity contribution in [2.75, 3.05) is 53.4 Å². The first-order valence-electron chi connectivity index (χ1n) is 9.10. The number of carbonyl (C=O) groups is 1. The number of ether oxygens (including phenoxy) is 3. The fraction of sp³-hybridized carbons (Fsp3) is 0.350. The van der Waals surface area contributed by atoms with Gasteiger partial charge in [0.2, 0.25) is 15.7 Å². The summed E-state index contributed by atoms with van der Waals surface area (Å²) in [6.07, 6.45) is 0. The molecule has 31 heavy (non-hydrogen) atoms. The molecule has 0 atom stereocenters. The first kappa shape index (κ1) is 25.1. The van der Waals surface area contributed by atoms with Crippen molar-refractivity contribution in [2.24, 2.45) is 0 Å². The van der Waals surface area contributed by atoms with E-state index in [1.165, 1.54) is 49.5 Å². The molecule has 170 valence electrons. The average Bonchev–Trinajstić information content (AvgIpc) is 2.74. The molecule has 0 radical (unpaired) electrons. The molecule has 0 aliphatic rings. The Morgan fingerprint density at radius 2 is 1.71 bits per heavy atom. The van der Waals surface area contributed by atoms with E-state index in [1.807, 2.05) is 0 Å². The smallest absolute Gasteiger partial charge is 0.241 e. The van der Waals surface area contributed by atoms with Gasteiger partial charge in [0.05, 0.1) is 35.9 Å². The van der Waals surface area contributed by atoms with Gasteiger partial charge in [0.1, 0.15) is 28.0 Å². The fourth-order valence-corrected chi connectivity index (χ4v) is 4.98. The van der Waals surface area contributed by atoms with Gasteiger partial charge in [-0.3, -0.25) is 4.79 Å². The van der Waals surface area contributed by atoms with E-state index < -0.39 is 9.84 Å². The first-order chi connectivity index (χ1) is 14.6. The molecule has 8 nitrogen and oxygen atoms in total. The highest BCUT2D eigenvalue weighted by molar-refractivity contribution is 7.91. The Morgan fingerprint density at radius 1 is 1.06 bits per heavy atom. The Hall–Kier alpha value is -2.20. The Labute approximate surface area is 191 Å². The molecule has 0 fully saturated rings. The van der Waals surface area contributed by atoms with E-state index in [9.17, 15) is 13.2 Å². The van der Waals surface area contributed by atoms with Gasteiger partial charge in [-0.15, -0.1) is 0 Å². The Balaban J connectivity index is 2.57. The quantitative estimate of drug-likeness (QED) is 0.510. The summed E-state index contributed by atoms with van der Waals surface area (Å²) in [5, 5.41) is 2.54. The molecule has 1 N–H and O–H groups in total. The second-order valence-corrected chi connectivity index (χ2v) is 9.18. The number of halogens is 2. The van der Waals surface area contributed by atoms with Gasteiger partial charge in [0.15, 0.2) is 0 Å². The first-order valence-corrected chi connectivity index (χ1v) is 11.3. The SMILES string of the molecule is COCCOc1cc(NCC(=O)N(C)C)c(Cl)c(S(=O)(=O)c2ccc(OC)cc2)c1Cl. The predicted octanol–water partition coefficient (Wildman–Crippen LogP) is 3.36. The lowest BCUT2D eigenvalue weighted by molar-refractivity contribution is -0.126. The molecule has 11 heteroatoms. The van der Waals surface area contributed by atoms with Gasteiger partial charge in [-0.05, 0) is 24.3 Å². The third kappa shape index (κ3) is 5.94. The van der Waals surface area contributed by atoms with Crippen molar-refractivity contribution in [2.45, 2.75) is 9.79 Å². The van der Waals surface area contributed by atoms with Gasteiger partial charge in [-0.2, -0.15) is 0 Å². The van der Waals surface area contributed by atoms with Crippen LogP contribution in [-0.4, -0.2) is 67.3 Å². The van der Waals surface area contributed by atoms with Crippen LogP contribution in [0.2, 0.25) is 10.0 Å². The van der Waals surface area contributed by atoms with E-state index in [1.54, 1.807) is 14.1 Å². The largest absolute Gasteiger partial charge is 0.497 e. The predicted molar refractivity (Wildman–Crippen MR) is 119 cm³/mol. The van der Waals surface area contributed by atoms with Gasteiger partial charge in [-0.25, -0.2) is 8.42 Å². The molecule has 0 saturated carbocycles. The molecule has 0 saturated heterocycles. The minimum absolute atomic E-state index is 0.0264. The molecule has 0 unspecified atom stereocenters. The van der Waals surface area contributed by atoms with Crippen molar-refractivity contribution < 1.29 is 27.4 Å². The highest BCUT2D eigenvalue weighted by atomic mass is 35.5. The van der Waals surface area contributed by atoms with Crippen LogP contribution in [0.5, 0.6) is 11.5 Å². The zero-order valence-electron chi connectivity index (χ0n) is 17.6. The van der Waals surface area contributed by atoms with E-state index in [2.05, 4.69) is 5.32 Å². The van der Waals surface area contributed by atoms with Gasteiger partial charge >= 0.3 is 0 Å². The molecule has 0 bridgehead atoms. The number of nitrogens with one attached hydrogen (secondary N) is 1. The lowest BCUT2D eigenvalue weighted by atomic mass is 10.3. The van der Waals surface area contributed by atoms with E-state index in [0.29, 0.717) is 5.75 Å². The maximum Gasteiger partial charge on any atom is 0.241 e. The second kappa shape index (κ2) is 10.9. The normalized spacial score (nSPS) is 11.2. The van der Waals surface area contributed by atoms with Crippen molar-refractivity contribution in [3.8, 4) is 11.5 Å². The maximum atomic E-state index is 13.4. The number of benzene rings is 2. The molecular weight excluding hydrogens is 467 g/mol. The van der Waals surface area contributed by atoms with Crippen LogP contribution in [0.1, 0.15) is 0 Å². The van der Waals surface area contributed by atoms with Crippen LogP contribution in [0.25, 0.3) is 0 Å². The van der Waals surface area contributed by atoms with Crippen molar-refractivity contribution in [1.82, 2.24) is 4.90 Å². The van der Waals surface area contributed by atoms with Crippen LogP contribution in [-0.2, 0) is 19.4 Å². The van der Waals surface area contributed by atoms with Crippen LogP contribution in [0.15, 0.2) is 40.1 Å². The zero-order valence-corrected chi connectivity index (χ0v) is 19.9. The topological polar surface area (TPSA) is 94.2 Å². The number of hydrogen-bond acceptors (Lipinski definition) is 7. The van der Waals surface area contributed by atoms with Gasteiger partial charge < -0.3 is 24.4 Å². The van der Waals surface area contributed by atoms with Crippen molar-refractivity contribution in [3.05, 3.63) is 40.4 Å². The molecule has 2 aromatic carbocycles. The molecule has 2 aromatic rings. The number of hydrogen-bond donors (Lipinski definition) is 1. The lowest BCUT2D eigenvalue weighted by Crippen LogP contribution is -2.28. The minimum Gasteiger partial charge on any atom is -0.497 e. The number of amides is 1. The molecule has 0 spiro atoms. The lowest BCUT2D eigenvalue weighted by Gasteiger charge is -2.18. The van der Waals surface area contributed by atoms with E-state index in [-0.39, 0.29) is 56.9 Å². The zero-order chi connectivity index (χ0) is 23.2. The summed E-state index contributed by atoms with van der Waals surface area (Å²) in [6, 6.07) is 7.27. The summed E-state index contributed by atoms with van der Waals surface area (Å²) in [4.78, 5) is 13.0. The molecule has 0 aliphatic carbocycles. The number of likely N-dealkylation sites (N-methyl/N-ethyl adjacent to an activating group) is 1. The second-order valence-electron chi connectivity index (χ2n) is 6.54. The standard InChI is InChI=1S/C20H24Cl2N2O6S/c1-24(2)17(25)12-23-15-11-16(30-10-9-28-3)19(22)20(18(15)21)31(26,27)14-7-5-13(29-4)6-8-14/h5-8,11,23H,9-10,12H2,1-4H3. The third-order valence-electron chi connectivity index (χ3n) is 4.24. The fourth-order valence-electron chi connectivity index (χ4n) is 2.49. The number of anilines is 1. The number of rotatable bonds is 10. The summed E-state index contributed by atoms with van der Waals surface area (Å²) in [5.41, 5.74) is 0.195. The van der Waals surface area contributed by atoms with Gasteiger partial charge in [-0.1, -0.05) is 23.2 Å². The molecule has 1 amide bonds. The minimum atomic E-state index is -4.12. The van der Waals surface area contributed by atoms with Crippen LogP contribution < -0.4 is 14.8 Å². The molecule has 0 aromatic heterocycles. The van der Waals surface area contributed by atoms with Crippen molar-refractivity contribution in [1.29, 1.82) is 0 Å². The van der Waals surface area contributed by atoms with Gasteiger partial charge in [0.25, 0.3) is 0 Å². The number of nitrogens with zero attached hydrogens (tertiary/aromatic N) is 1. The van der Waals surface area contributed by atoms with E-state index >= 15 is 0 Å². The highest BCUT2D eigenvalue weighted by Gasteiger charge is 2.29.